The van der Waals surface area contributed by atoms with E-state index in [1.165, 1.54) is 17.8 Å². The average Bonchev–Trinajstić information content (AvgIpc) is 2.12. The fraction of sp³-hybridized carbons (Fsp3) is 0.444. The second-order valence-electron chi connectivity index (χ2n) is 3.11. The monoisotopic (exact) mass is 227 g/mol. The van der Waals surface area contributed by atoms with Gasteiger partial charge in [-0.05, 0) is 13.3 Å². The van der Waals surface area contributed by atoms with Gasteiger partial charge in [0.05, 0.1) is 5.25 Å². The molecule has 0 aromatic carbocycles. The molecule has 1 aromatic rings. The lowest BCUT2D eigenvalue weighted by Gasteiger charge is -2.08. The lowest BCUT2D eigenvalue weighted by molar-refractivity contribution is -0.117. The summed E-state index contributed by atoms with van der Waals surface area (Å²) in [5.74, 6) is -0.397. The molecule has 1 atom stereocenters. The maximum atomic E-state index is 11.1. The smallest absolute Gasteiger partial charge is 0.251 e. The Bertz CT molecular complexity index is 416. The fourth-order valence-corrected chi connectivity index (χ4v) is 1.99. The van der Waals surface area contributed by atoms with Crippen molar-refractivity contribution in [1.29, 1.82) is 0 Å². The van der Waals surface area contributed by atoms with Crippen LogP contribution in [0.4, 0.5) is 0 Å². The quantitative estimate of drug-likeness (QED) is 0.577. The molecule has 6 heteroatoms. The zero-order valence-electron chi connectivity index (χ0n) is 8.61. The molecule has 0 spiro atoms. The van der Waals surface area contributed by atoms with Crippen LogP contribution in [0.15, 0.2) is 16.0 Å². The summed E-state index contributed by atoms with van der Waals surface area (Å²) in [6, 6.07) is 1.40. The number of aromatic amines is 1. The van der Waals surface area contributed by atoms with Crippen LogP contribution in [0.25, 0.3) is 0 Å². The van der Waals surface area contributed by atoms with E-state index in [1.54, 1.807) is 6.92 Å². The Morgan fingerprint density at radius 2 is 2.40 bits per heavy atom. The predicted octanol–water partition coefficient (Wildman–Crippen LogP) is 0.434. The van der Waals surface area contributed by atoms with Crippen LogP contribution >= 0.6 is 11.8 Å². The number of primary amides is 1. The van der Waals surface area contributed by atoms with E-state index in [1.807, 2.05) is 6.92 Å². The van der Waals surface area contributed by atoms with Crippen molar-refractivity contribution in [3.05, 3.63) is 22.1 Å². The fourth-order valence-electron chi connectivity index (χ4n) is 1.08. The maximum Gasteiger partial charge on any atom is 0.251 e. The maximum absolute atomic E-state index is 11.1. The first kappa shape index (κ1) is 11.8. The number of aryl methyl sites for hydroxylation is 1. The molecule has 0 bridgehead atoms. The zero-order chi connectivity index (χ0) is 11.4. The summed E-state index contributed by atoms with van der Waals surface area (Å²) in [6.07, 6.45) is 0.609. The van der Waals surface area contributed by atoms with Crippen LogP contribution in [0.1, 0.15) is 19.0 Å². The Morgan fingerprint density at radius 1 is 1.73 bits per heavy atom. The Labute approximate surface area is 91.5 Å². The molecular formula is C9H13N3O2S. The minimum absolute atomic E-state index is 0.218. The second-order valence-corrected chi connectivity index (χ2v) is 4.30. The third-order valence-corrected chi connectivity index (χ3v) is 3.06. The third-order valence-electron chi connectivity index (χ3n) is 1.79. The molecule has 1 amide bonds. The molecule has 15 heavy (non-hydrogen) atoms. The van der Waals surface area contributed by atoms with Crippen LogP contribution in [-0.4, -0.2) is 21.1 Å². The highest BCUT2D eigenvalue weighted by atomic mass is 32.2. The van der Waals surface area contributed by atoms with Gasteiger partial charge in [-0.3, -0.25) is 9.59 Å². The van der Waals surface area contributed by atoms with Crippen molar-refractivity contribution in [2.24, 2.45) is 5.73 Å². The summed E-state index contributed by atoms with van der Waals surface area (Å²) >= 11 is 1.18. The van der Waals surface area contributed by atoms with E-state index in [2.05, 4.69) is 9.97 Å². The van der Waals surface area contributed by atoms with Gasteiger partial charge in [0.2, 0.25) is 5.91 Å². The van der Waals surface area contributed by atoms with Crippen molar-refractivity contribution in [1.82, 2.24) is 9.97 Å². The molecule has 0 aliphatic heterocycles. The molecule has 0 aliphatic rings. The lowest BCUT2D eigenvalue weighted by atomic mass is 10.3. The number of amides is 1. The van der Waals surface area contributed by atoms with E-state index in [0.29, 0.717) is 17.3 Å². The summed E-state index contributed by atoms with van der Waals surface area (Å²) in [7, 11) is 0. The molecule has 1 rings (SSSR count). The van der Waals surface area contributed by atoms with E-state index >= 15 is 0 Å². The van der Waals surface area contributed by atoms with Gasteiger partial charge >= 0.3 is 0 Å². The summed E-state index contributed by atoms with van der Waals surface area (Å²) < 4.78 is 0. The lowest BCUT2D eigenvalue weighted by Crippen LogP contribution is -2.25. The van der Waals surface area contributed by atoms with Crippen LogP contribution in [0.3, 0.4) is 0 Å². The molecule has 82 valence electrons. The van der Waals surface area contributed by atoms with Crippen LogP contribution in [0, 0.1) is 6.92 Å². The van der Waals surface area contributed by atoms with E-state index in [9.17, 15) is 9.59 Å². The van der Waals surface area contributed by atoms with E-state index < -0.39 is 5.91 Å². The van der Waals surface area contributed by atoms with Gasteiger partial charge in [0.25, 0.3) is 5.56 Å². The molecule has 0 saturated heterocycles. The second kappa shape index (κ2) is 4.97. The number of H-pyrrole nitrogens is 1. The molecule has 0 saturated carbocycles. The molecule has 1 heterocycles. The van der Waals surface area contributed by atoms with Gasteiger partial charge in [0.15, 0.2) is 5.16 Å². The van der Waals surface area contributed by atoms with E-state index in [4.69, 9.17) is 5.73 Å². The van der Waals surface area contributed by atoms with Gasteiger partial charge in [-0.15, -0.1) is 0 Å². The summed E-state index contributed by atoms with van der Waals surface area (Å²) in [5.41, 5.74) is 5.60. The largest absolute Gasteiger partial charge is 0.369 e. The number of carbonyl (C=O) groups is 1. The summed E-state index contributed by atoms with van der Waals surface area (Å²) in [6.45, 7) is 3.58. The number of aromatic nitrogens is 2. The number of hydrogen-bond acceptors (Lipinski definition) is 4. The van der Waals surface area contributed by atoms with E-state index in [-0.39, 0.29) is 10.8 Å². The van der Waals surface area contributed by atoms with Gasteiger partial charge in [-0.1, -0.05) is 18.7 Å². The normalized spacial score (nSPS) is 12.4. The average molecular weight is 227 g/mol. The highest BCUT2D eigenvalue weighted by Gasteiger charge is 2.15. The Hall–Kier alpha value is -1.30. The number of thioether (sulfide) groups is 1. The summed E-state index contributed by atoms with van der Waals surface area (Å²) in [4.78, 5) is 28.8. The standard InChI is InChI=1S/C9H13N3O2S/c1-3-6(8(10)14)15-9-11-5(2)4-7(13)12-9/h4,6H,3H2,1-2H3,(H2,10,14)(H,11,12,13). The van der Waals surface area contributed by atoms with Gasteiger partial charge in [0, 0.05) is 11.8 Å². The molecule has 1 aromatic heterocycles. The number of carbonyl (C=O) groups excluding carboxylic acids is 1. The Kier molecular flexibility index (Phi) is 3.90. The van der Waals surface area contributed by atoms with Gasteiger partial charge < -0.3 is 10.7 Å². The number of hydrogen-bond donors (Lipinski definition) is 2. The predicted molar refractivity (Wildman–Crippen MR) is 58.7 cm³/mol. The van der Waals surface area contributed by atoms with Crippen LogP contribution in [-0.2, 0) is 4.79 Å². The zero-order valence-corrected chi connectivity index (χ0v) is 9.43. The van der Waals surface area contributed by atoms with Crippen LogP contribution < -0.4 is 11.3 Å². The Balaban J connectivity index is 2.88. The van der Waals surface area contributed by atoms with Crippen molar-refractivity contribution < 1.29 is 4.79 Å². The molecule has 3 N–H and O–H groups in total. The minimum Gasteiger partial charge on any atom is -0.369 e. The summed E-state index contributed by atoms with van der Waals surface area (Å²) in [5, 5.41) is 0.0839. The number of rotatable bonds is 4. The first-order valence-corrected chi connectivity index (χ1v) is 5.44. The van der Waals surface area contributed by atoms with Crippen LogP contribution in [0.2, 0.25) is 0 Å². The highest BCUT2D eigenvalue weighted by Crippen LogP contribution is 2.20. The molecule has 0 aliphatic carbocycles. The van der Waals surface area contributed by atoms with Gasteiger partial charge in [-0.25, -0.2) is 4.98 Å². The third kappa shape index (κ3) is 3.39. The van der Waals surface area contributed by atoms with Crippen LogP contribution in [0.5, 0.6) is 0 Å². The molecule has 5 nitrogen and oxygen atoms in total. The minimum atomic E-state index is -0.397. The van der Waals surface area contributed by atoms with Gasteiger partial charge in [-0.2, -0.15) is 0 Å². The molecular weight excluding hydrogens is 214 g/mol. The van der Waals surface area contributed by atoms with Crippen molar-refractivity contribution >= 4 is 17.7 Å². The molecule has 0 fully saturated rings. The Morgan fingerprint density at radius 3 is 2.87 bits per heavy atom. The van der Waals surface area contributed by atoms with Crippen molar-refractivity contribution in [2.45, 2.75) is 30.7 Å². The van der Waals surface area contributed by atoms with E-state index in [0.717, 1.165) is 0 Å². The van der Waals surface area contributed by atoms with Crippen molar-refractivity contribution in [3.63, 3.8) is 0 Å². The van der Waals surface area contributed by atoms with Gasteiger partial charge in [0.1, 0.15) is 0 Å². The first-order chi connectivity index (χ1) is 7.02. The molecule has 0 radical (unpaired) electrons. The topological polar surface area (TPSA) is 88.8 Å². The van der Waals surface area contributed by atoms with Crippen molar-refractivity contribution in [3.8, 4) is 0 Å². The SMILES string of the molecule is CCC(Sc1nc(C)cc(=O)[nH]1)C(N)=O. The number of nitrogens with two attached hydrogens (primary N) is 1. The number of nitrogens with one attached hydrogen (secondary N) is 1. The first-order valence-electron chi connectivity index (χ1n) is 4.57. The number of nitrogens with zero attached hydrogens (tertiary/aromatic N) is 1. The highest BCUT2D eigenvalue weighted by molar-refractivity contribution is 8.00. The van der Waals surface area contributed by atoms with Crippen molar-refractivity contribution in [2.75, 3.05) is 0 Å². The molecule has 1 unspecified atom stereocenters.